The average molecular weight is 265 g/mol. The van der Waals surface area contributed by atoms with Gasteiger partial charge >= 0.3 is 5.97 Å². The highest BCUT2D eigenvalue weighted by molar-refractivity contribution is 7.98. The normalized spacial score (nSPS) is 21.2. The van der Waals surface area contributed by atoms with E-state index in [2.05, 4.69) is 31.5 Å². The number of fused-ring (bicyclic) bond motifs is 1. The number of rotatable bonds is 2. The lowest BCUT2D eigenvalue weighted by Crippen LogP contribution is -2.45. The summed E-state index contributed by atoms with van der Waals surface area (Å²) in [6.45, 7) is 5.18. The van der Waals surface area contributed by atoms with Gasteiger partial charge in [0.15, 0.2) is 0 Å². The predicted octanol–water partition coefficient (Wildman–Crippen LogP) is 2.50. The van der Waals surface area contributed by atoms with E-state index < -0.39 is 0 Å². The summed E-state index contributed by atoms with van der Waals surface area (Å²) in [7, 11) is 1.43. The molecule has 1 atom stereocenters. The molecule has 4 heteroatoms. The lowest BCUT2D eigenvalue weighted by Gasteiger charge is -2.38. The van der Waals surface area contributed by atoms with E-state index in [4.69, 9.17) is 4.74 Å². The first kappa shape index (κ1) is 13.4. The van der Waals surface area contributed by atoms with Gasteiger partial charge in [-0.15, -0.1) is 11.8 Å². The summed E-state index contributed by atoms with van der Waals surface area (Å²) in [6, 6.07) is 5.80. The van der Waals surface area contributed by atoms with E-state index >= 15 is 0 Å². The number of hydrogen-bond donors (Lipinski definition) is 1. The molecule has 0 spiro atoms. The molecule has 0 radical (unpaired) electrons. The summed E-state index contributed by atoms with van der Waals surface area (Å²) in [5.74, 6) is -0.218. The molecule has 1 aromatic carbocycles. The van der Waals surface area contributed by atoms with Crippen molar-refractivity contribution in [3.63, 3.8) is 0 Å². The second-order valence-corrected chi connectivity index (χ2v) is 5.99. The lowest BCUT2D eigenvalue weighted by atomic mass is 9.76. The van der Waals surface area contributed by atoms with Crippen LogP contribution in [0.4, 0.5) is 0 Å². The number of benzene rings is 1. The molecule has 98 valence electrons. The van der Waals surface area contributed by atoms with Crippen LogP contribution in [0.1, 0.15) is 31.0 Å². The molecule has 0 fully saturated rings. The molecule has 0 aromatic heterocycles. The zero-order valence-electron chi connectivity index (χ0n) is 11.2. The molecule has 0 saturated heterocycles. The highest BCUT2D eigenvalue weighted by atomic mass is 32.2. The van der Waals surface area contributed by atoms with E-state index in [-0.39, 0.29) is 17.4 Å². The third kappa shape index (κ3) is 2.15. The van der Waals surface area contributed by atoms with Crippen LogP contribution < -0.4 is 5.32 Å². The number of carbonyl (C=O) groups is 1. The Hall–Kier alpha value is -1.00. The monoisotopic (exact) mass is 265 g/mol. The van der Waals surface area contributed by atoms with Crippen molar-refractivity contribution in [2.24, 2.45) is 0 Å². The first-order chi connectivity index (χ1) is 8.51. The van der Waals surface area contributed by atoms with Crippen LogP contribution in [-0.4, -0.2) is 25.9 Å². The summed E-state index contributed by atoms with van der Waals surface area (Å²) >= 11 is 1.73. The highest BCUT2D eigenvalue weighted by Crippen LogP contribution is 2.40. The summed E-state index contributed by atoms with van der Waals surface area (Å²) in [5.41, 5.74) is 2.34. The number of thioether (sulfide) groups is 1. The summed E-state index contributed by atoms with van der Waals surface area (Å²) < 4.78 is 4.88. The fraction of sp³-hybridized carbons (Fsp3) is 0.500. The Morgan fingerprint density at radius 2 is 2.22 bits per heavy atom. The maximum absolute atomic E-state index is 11.8. The molecule has 1 aliphatic rings. The Labute approximate surface area is 112 Å². The number of esters is 1. The molecule has 18 heavy (non-hydrogen) atoms. The summed E-state index contributed by atoms with van der Waals surface area (Å²) in [5, 5.41) is 3.28. The molecule has 2 rings (SSSR count). The van der Waals surface area contributed by atoms with E-state index in [1.807, 2.05) is 12.1 Å². The smallest absolute Gasteiger partial charge is 0.327 e. The number of nitrogens with one attached hydrogen (secondary N) is 1. The van der Waals surface area contributed by atoms with Crippen molar-refractivity contribution in [2.45, 2.75) is 30.2 Å². The van der Waals surface area contributed by atoms with Crippen LogP contribution in [0.3, 0.4) is 0 Å². The van der Waals surface area contributed by atoms with Crippen LogP contribution in [0.25, 0.3) is 0 Å². The van der Waals surface area contributed by atoms with Gasteiger partial charge in [-0.2, -0.15) is 0 Å². The minimum Gasteiger partial charge on any atom is -0.468 e. The van der Waals surface area contributed by atoms with Gasteiger partial charge < -0.3 is 4.74 Å². The van der Waals surface area contributed by atoms with E-state index in [9.17, 15) is 4.79 Å². The van der Waals surface area contributed by atoms with Crippen molar-refractivity contribution in [3.05, 3.63) is 29.3 Å². The van der Waals surface area contributed by atoms with E-state index in [0.29, 0.717) is 0 Å². The van der Waals surface area contributed by atoms with Gasteiger partial charge in [0, 0.05) is 16.9 Å². The van der Waals surface area contributed by atoms with Gasteiger partial charge in [0.2, 0.25) is 0 Å². The minimum atomic E-state index is -0.342. The van der Waals surface area contributed by atoms with E-state index in [1.54, 1.807) is 11.8 Å². The Kier molecular flexibility index (Phi) is 3.69. The fourth-order valence-corrected chi connectivity index (χ4v) is 3.38. The van der Waals surface area contributed by atoms with Gasteiger partial charge in [-0.1, -0.05) is 26.0 Å². The topological polar surface area (TPSA) is 38.3 Å². The van der Waals surface area contributed by atoms with Crippen molar-refractivity contribution in [1.29, 1.82) is 0 Å². The van der Waals surface area contributed by atoms with Gasteiger partial charge in [0.1, 0.15) is 6.04 Å². The van der Waals surface area contributed by atoms with Crippen LogP contribution in [0.15, 0.2) is 23.1 Å². The largest absolute Gasteiger partial charge is 0.468 e. The number of methoxy groups -OCH3 is 1. The predicted molar refractivity (Wildman–Crippen MR) is 74.0 cm³/mol. The van der Waals surface area contributed by atoms with Gasteiger partial charge in [-0.25, -0.2) is 4.79 Å². The first-order valence-corrected chi connectivity index (χ1v) is 7.22. The Bertz CT molecular complexity index is 471. The number of carbonyl (C=O) groups excluding carboxylic acids is 1. The first-order valence-electron chi connectivity index (χ1n) is 6.00. The van der Waals surface area contributed by atoms with Crippen LogP contribution in [0.5, 0.6) is 0 Å². The molecule has 1 aromatic rings. The molecule has 0 aliphatic carbocycles. The van der Waals surface area contributed by atoms with E-state index in [0.717, 1.165) is 12.1 Å². The number of hydrogen-bond acceptors (Lipinski definition) is 4. The molecule has 0 amide bonds. The molecule has 3 nitrogen and oxygen atoms in total. The van der Waals surface area contributed by atoms with Crippen LogP contribution in [0, 0.1) is 0 Å². The molecule has 0 saturated carbocycles. The summed E-state index contributed by atoms with van der Waals surface area (Å²) in [4.78, 5) is 13.1. The second-order valence-electron chi connectivity index (χ2n) is 5.15. The van der Waals surface area contributed by atoms with Crippen molar-refractivity contribution >= 4 is 17.7 Å². The molecule has 0 bridgehead atoms. The van der Waals surface area contributed by atoms with Crippen molar-refractivity contribution in [1.82, 2.24) is 5.32 Å². The van der Waals surface area contributed by atoms with Gasteiger partial charge in [0.05, 0.1) is 7.11 Å². The molecule has 1 N–H and O–H groups in total. The van der Waals surface area contributed by atoms with Crippen LogP contribution >= 0.6 is 11.8 Å². The molecule has 1 heterocycles. The third-order valence-corrected chi connectivity index (χ3v) is 4.23. The maximum atomic E-state index is 11.8. The van der Waals surface area contributed by atoms with Crippen molar-refractivity contribution in [3.8, 4) is 0 Å². The highest BCUT2D eigenvalue weighted by Gasteiger charge is 2.37. The lowest BCUT2D eigenvalue weighted by molar-refractivity contribution is -0.143. The fourth-order valence-electron chi connectivity index (χ4n) is 2.57. The average Bonchev–Trinajstić information content (AvgIpc) is 2.37. The summed E-state index contributed by atoms with van der Waals surface area (Å²) in [6.07, 6.45) is 2.07. The molecule has 1 aliphatic heterocycles. The Morgan fingerprint density at radius 3 is 2.83 bits per heavy atom. The zero-order chi connectivity index (χ0) is 13.3. The second kappa shape index (κ2) is 4.94. The van der Waals surface area contributed by atoms with Gasteiger partial charge in [-0.05, 0) is 23.4 Å². The quantitative estimate of drug-likeness (QED) is 0.658. The van der Waals surface area contributed by atoms with E-state index in [1.165, 1.54) is 17.6 Å². The Balaban J connectivity index is 2.58. The standard InChI is InChI=1S/C14H19NO2S/c1-14(2)8-15-12(13(16)17-3)9-6-5-7-10(18-4)11(9)14/h5-7,12,15H,8H2,1-4H3. The SMILES string of the molecule is COC(=O)C1NCC(C)(C)c2c(SC)cccc21. The Morgan fingerprint density at radius 1 is 1.50 bits per heavy atom. The van der Waals surface area contributed by atoms with Crippen molar-refractivity contribution in [2.75, 3.05) is 19.9 Å². The van der Waals surface area contributed by atoms with Gasteiger partial charge in [-0.3, -0.25) is 5.32 Å². The van der Waals surface area contributed by atoms with Gasteiger partial charge in [0.25, 0.3) is 0 Å². The third-order valence-electron chi connectivity index (χ3n) is 3.45. The minimum absolute atomic E-state index is 0.0272. The molecular weight excluding hydrogens is 246 g/mol. The maximum Gasteiger partial charge on any atom is 0.327 e. The van der Waals surface area contributed by atoms with Crippen molar-refractivity contribution < 1.29 is 9.53 Å². The van der Waals surface area contributed by atoms with Crippen LogP contribution in [0.2, 0.25) is 0 Å². The van der Waals surface area contributed by atoms with Crippen LogP contribution in [-0.2, 0) is 14.9 Å². The molecular formula is C14H19NO2S. The molecule has 1 unspecified atom stereocenters. The number of ether oxygens (including phenoxy) is 1. The zero-order valence-corrected chi connectivity index (χ0v) is 12.1.